The van der Waals surface area contributed by atoms with Gasteiger partial charge in [0.05, 0.1) is 12.0 Å². The molecule has 164 valence electrons. The molecule has 0 aliphatic rings. The molecule has 0 radical (unpaired) electrons. The van der Waals surface area contributed by atoms with Crippen molar-refractivity contribution in [3.63, 3.8) is 0 Å². The number of fused-ring (bicyclic) bond motifs is 1. The molecule has 0 bridgehead atoms. The molecule has 0 amide bonds. The average molecular weight is 430 g/mol. The number of hydrogen-bond donors (Lipinski definition) is 3. The minimum absolute atomic E-state index is 0.123. The van der Waals surface area contributed by atoms with Gasteiger partial charge in [0.15, 0.2) is 5.88 Å². The first-order valence-corrected chi connectivity index (χ1v) is 10.8. The summed E-state index contributed by atoms with van der Waals surface area (Å²) in [6.07, 6.45) is 2.04. The second kappa shape index (κ2) is 9.71. The number of rotatable bonds is 9. The molecule has 0 spiro atoms. The van der Waals surface area contributed by atoms with Crippen LogP contribution in [0, 0.1) is 5.92 Å². The van der Waals surface area contributed by atoms with Gasteiger partial charge in [0.25, 0.3) is 0 Å². The molecule has 0 fully saturated rings. The van der Waals surface area contributed by atoms with Crippen LogP contribution in [0.15, 0.2) is 85.1 Å². The summed E-state index contributed by atoms with van der Waals surface area (Å²) in [6.45, 7) is 0.320. The molecule has 4 rings (SSSR count). The molecule has 0 aliphatic carbocycles. The molecule has 1 heterocycles. The lowest BCUT2D eigenvalue weighted by Crippen LogP contribution is -2.29. The predicted molar refractivity (Wildman–Crippen MR) is 126 cm³/mol. The molecule has 3 aromatic carbocycles. The summed E-state index contributed by atoms with van der Waals surface area (Å²) in [5.74, 6) is -1.80. The third-order valence-electron chi connectivity index (χ3n) is 6.02. The molecule has 1 aromatic heterocycles. The maximum absolute atomic E-state index is 11.8. The van der Waals surface area contributed by atoms with E-state index in [0.29, 0.717) is 19.4 Å². The fraction of sp³-hybridized carbons (Fsp3) is 0.222. The number of aliphatic hydroxyl groups excluding tert-OH is 1. The van der Waals surface area contributed by atoms with Crippen molar-refractivity contribution < 1.29 is 20.1 Å². The third kappa shape index (κ3) is 4.84. The number of aromatic hydroxyl groups is 1. The van der Waals surface area contributed by atoms with E-state index in [4.69, 9.17) is 0 Å². The van der Waals surface area contributed by atoms with Gasteiger partial charge < -0.3 is 19.9 Å². The first-order chi connectivity index (χ1) is 15.5. The Morgan fingerprint density at radius 1 is 0.844 bits per heavy atom. The summed E-state index contributed by atoms with van der Waals surface area (Å²) in [5, 5.41) is 32.3. The standard InChI is InChI=1S/C27H27NO4/c29-25(15-12-19-10-13-21(14-11-19)20-6-2-1-3-7-20)24(27(31)32)16-17-28-18-22-8-4-5-9-23(22)26(28)30/h1-11,13-14,18,24-25,29-30H,12,15-17H2,(H,31,32). The topological polar surface area (TPSA) is 82.7 Å². The van der Waals surface area contributed by atoms with Crippen molar-refractivity contribution in [2.75, 3.05) is 0 Å². The number of carboxylic acids is 1. The summed E-state index contributed by atoms with van der Waals surface area (Å²) in [6, 6.07) is 25.7. The van der Waals surface area contributed by atoms with Crippen LogP contribution < -0.4 is 0 Å². The second-order valence-electron chi connectivity index (χ2n) is 8.14. The first-order valence-electron chi connectivity index (χ1n) is 10.8. The molecule has 2 unspecified atom stereocenters. The Labute approximate surface area is 187 Å². The lowest BCUT2D eigenvalue weighted by Gasteiger charge is -2.19. The zero-order valence-electron chi connectivity index (χ0n) is 17.8. The van der Waals surface area contributed by atoms with Crippen LogP contribution in [0.1, 0.15) is 18.4 Å². The molecule has 0 aliphatic heterocycles. The van der Waals surface area contributed by atoms with Crippen molar-refractivity contribution in [2.45, 2.75) is 31.9 Å². The van der Waals surface area contributed by atoms with Crippen LogP contribution in [-0.2, 0) is 17.8 Å². The molecule has 5 nitrogen and oxygen atoms in total. The Kier molecular flexibility index (Phi) is 6.57. The molecular weight excluding hydrogens is 402 g/mol. The first kappa shape index (κ1) is 21.7. The van der Waals surface area contributed by atoms with Crippen molar-refractivity contribution in [3.8, 4) is 17.0 Å². The van der Waals surface area contributed by atoms with Gasteiger partial charge in [0, 0.05) is 23.5 Å². The quantitative estimate of drug-likeness (QED) is 0.346. The van der Waals surface area contributed by atoms with Gasteiger partial charge in [0.1, 0.15) is 0 Å². The molecular formula is C27H27NO4. The molecule has 0 saturated heterocycles. The van der Waals surface area contributed by atoms with E-state index in [1.165, 1.54) is 0 Å². The number of hydrogen-bond acceptors (Lipinski definition) is 3. The van der Waals surface area contributed by atoms with Crippen LogP contribution >= 0.6 is 0 Å². The van der Waals surface area contributed by atoms with E-state index < -0.39 is 18.0 Å². The SMILES string of the molecule is O=C(O)C(CCn1cc2ccccc2c1O)C(O)CCc1ccc(-c2ccccc2)cc1. The van der Waals surface area contributed by atoms with Gasteiger partial charge >= 0.3 is 5.97 Å². The fourth-order valence-corrected chi connectivity index (χ4v) is 4.14. The average Bonchev–Trinajstić information content (AvgIpc) is 3.14. The smallest absolute Gasteiger partial charge is 0.309 e. The van der Waals surface area contributed by atoms with Gasteiger partial charge in [-0.05, 0) is 42.0 Å². The molecule has 32 heavy (non-hydrogen) atoms. The monoisotopic (exact) mass is 429 g/mol. The number of aromatic nitrogens is 1. The fourth-order valence-electron chi connectivity index (χ4n) is 4.14. The van der Waals surface area contributed by atoms with Gasteiger partial charge in [-0.3, -0.25) is 4.79 Å². The van der Waals surface area contributed by atoms with Crippen LogP contribution in [0.3, 0.4) is 0 Å². The number of nitrogens with zero attached hydrogens (tertiary/aromatic N) is 1. The van der Waals surface area contributed by atoms with Crippen molar-refractivity contribution >= 4 is 16.7 Å². The minimum atomic E-state index is -1.02. The summed E-state index contributed by atoms with van der Waals surface area (Å²) >= 11 is 0. The summed E-state index contributed by atoms with van der Waals surface area (Å²) < 4.78 is 1.65. The Hall–Kier alpha value is -3.57. The zero-order valence-corrected chi connectivity index (χ0v) is 17.8. The normalized spacial score (nSPS) is 13.2. The zero-order chi connectivity index (χ0) is 22.5. The van der Waals surface area contributed by atoms with E-state index in [-0.39, 0.29) is 12.3 Å². The van der Waals surface area contributed by atoms with Crippen LogP contribution in [0.25, 0.3) is 21.9 Å². The van der Waals surface area contributed by atoms with Crippen LogP contribution in [0.2, 0.25) is 0 Å². The maximum Gasteiger partial charge on any atom is 0.309 e. The van der Waals surface area contributed by atoms with Crippen molar-refractivity contribution in [3.05, 3.63) is 90.6 Å². The summed E-state index contributed by atoms with van der Waals surface area (Å²) in [5.41, 5.74) is 3.32. The molecule has 3 N–H and O–H groups in total. The van der Waals surface area contributed by atoms with Crippen LogP contribution in [-0.4, -0.2) is 32.0 Å². The van der Waals surface area contributed by atoms with E-state index in [1.807, 2.05) is 72.9 Å². The lowest BCUT2D eigenvalue weighted by atomic mass is 9.93. The Morgan fingerprint density at radius 3 is 2.19 bits per heavy atom. The predicted octanol–water partition coefficient (Wildman–Crippen LogP) is 5.10. The van der Waals surface area contributed by atoms with Gasteiger partial charge in [-0.2, -0.15) is 0 Å². The maximum atomic E-state index is 11.8. The Balaban J connectivity index is 1.36. The molecule has 2 atom stereocenters. The number of carbonyl (C=O) groups is 1. The highest BCUT2D eigenvalue weighted by atomic mass is 16.4. The van der Waals surface area contributed by atoms with E-state index in [9.17, 15) is 20.1 Å². The molecule has 5 heteroatoms. The van der Waals surface area contributed by atoms with E-state index in [0.717, 1.165) is 27.5 Å². The number of carboxylic acid groups (broad SMARTS) is 1. The molecule has 4 aromatic rings. The lowest BCUT2D eigenvalue weighted by molar-refractivity contribution is -0.146. The minimum Gasteiger partial charge on any atom is -0.494 e. The second-order valence-corrected chi connectivity index (χ2v) is 8.14. The van der Waals surface area contributed by atoms with Gasteiger partial charge in [-0.15, -0.1) is 0 Å². The van der Waals surface area contributed by atoms with Gasteiger partial charge in [-0.1, -0.05) is 72.8 Å². The Bertz CT molecular complexity index is 1180. The van der Waals surface area contributed by atoms with E-state index in [2.05, 4.69) is 12.1 Å². The molecule has 0 saturated carbocycles. The van der Waals surface area contributed by atoms with Crippen molar-refractivity contribution in [2.24, 2.45) is 5.92 Å². The highest BCUT2D eigenvalue weighted by Crippen LogP contribution is 2.28. The third-order valence-corrected chi connectivity index (χ3v) is 6.02. The van der Waals surface area contributed by atoms with Crippen LogP contribution in [0.5, 0.6) is 5.88 Å². The summed E-state index contributed by atoms with van der Waals surface area (Å²) in [7, 11) is 0. The van der Waals surface area contributed by atoms with Crippen molar-refractivity contribution in [1.29, 1.82) is 0 Å². The highest BCUT2D eigenvalue weighted by Gasteiger charge is 2.26. The van der Waals surface area contributed by atoms with Crippen LogP contribution in [0.4, 0.5) is 0 Å². The van der Waals surface area contributed by atoms with E-state index >= 15 is 0 Å². The van der Waals surface area contributed by atoms with Gasteiger partial charge in [0.2, 0.25) is 0 Å². The van der Waals surface area contributed by atoms with E-state index in [1.54, 1.807) is 4.57 Å². The summed E-state index contributed by atoms with van der Waals surface area (Å²) in [4.78, 5) is 11.8. The highest BCUT2D eigenvalue weighted by molar-refractivity contribution is 5.87. The largest absolute Gasteiger partial charge is 0.494 e. The number of aliphatic carboxylic acids is 1. The van der Waals surface area contributed by atoms with Gasteiger partial charge in [-0.25, -0.2) is 0 Å². The van der Waals surface area contributed by atoms with Crippen molar-refractivity contribution in [1.82, 2.24) is 4.57 Å². The Morgan fingerprint density at radius 2 is 1.50 bits per heavy atom. The number of benzene rings is 3. The number of aliphatic hydroxyl groups is 1. The number of aryl methyl sites for hydroxylation is 2.